The molecule has 0 aliphatic rings. The molecule has 1 aromatic carbocycles. The van der Waals surface area contributed by atoms with Gasteiger partial charge in [-0.05, 0) is 19.4 Å². The van der Waals surface area contributed by atoms with Gasteiger partial charge in [0.1, 0.15) is 5.60 Å². The molecule has 1 aromatic rings. The molecule has 0 spiro atoms. The Morgan fingerprint density at radius 3 is 2.38 bits per heavy atom. The van der Waals surface area contributed by atoms with Crippen molar-refractivity contribution >= 4 is 6.29 Å². The van der Waals surface area contributed by atoms with Gasteiger partial charge in [0, 0.05) is 6.42 Å². The number of aryl methyl sites for hydroxylation is 1. The van der Waals surface area contributed by atoms with E-state index in [9.17, 15) is 9.90 Å². The highest BCUT2D eigenvalue weighted by Crippen LogP contribution is 2.11. The summed E-state index contributed by atoms with van der Waals surface area (Å²) in [5, 5.41) is 9.48. The first-order chi connectivity index (χ1) is 6.03. The summed E-state index contributed by atoms with van der Waals surface area (Å²) >= 11 is 0. The van der Waals surface area contributed by atoms with Crippen molar-refractivity contribution in [1.82, 2.24) is 0 Å². The average molecular weight is 178 g/mol. The molecular formula is C11H14O2. The summed E-state index contributed by atoms with van der Waals surface area (Å²) in [4.78, 5) is 10.4. The maximum atomic E-state index is 10.4. The zero-order valence-corrected chi connectivity index (χ0v) is 7.95. The molecular weight excluding hydrogens is 164 g/mol. The Morgan fingerprint density at radius 1 is 1.38 bits per heavy atom. The Bertz CT molecular complexity index is 285. The molecule has 70 valence electrons. The third-order valence-corrected chi connectivity index (χ3v) is 1.94. The molecule has 13 heavy (non-hydrogen) atoms. The third kappa shape index (κ3) is 2.99. The smallest absolute Gasteiger partial charge is 0.151 e. The molecule has 1 N–H and O–H groups in total. The highest BCUT2D eigenvalue weighted by molar-refractivity contribution is 5.62. The van der Waals surface area contributed by atoms with Crippen molar-refractivity contribution in [3.63, 3.8) is 0 Å². The largest absolute Gasteiger partial charge is 0.382 e. The fourth-order valence-corrected chi connectivity index (χ4v) is 1.16. The van der Waals surface area contributed by atoms with Crippen LogP contribution < -0.4 is 0 Å². The lowest BCUT2D eigenvalue weighted by atomic mass is 9.98. The van der Waals surface area contributed by atoms with E-state index in [1.54, 1.807) is 0 Å². The zero-order valence-electron chi connectivity index (χ0n) is 7.95. The molecule has 1 atom stereocenters. The van der Waals surface area contributed by atoms with Crippen molar-refractivity contribution in [2.45, 2.75) is 25.9 Å². The van der Waals surface area contributed by atoms with Crippen LogP contribution >= 0.6 is 0 Å². The lowest BCUT2D eigenvalue weighted by molar-refractivity contribution is -0.122. The van der Waals surface area contributed by atoms with Crippen LogP contribution in [0.5, 0.6) is 0 Å². The molecule has 0 saturated heterocycles. The van der Waals surface area contributed by atoms with Gasteiger partial charge in [-0.3, -0.25) is 0 Å². The molecule has 0 fully saturated rings. The van der Waals surface area contributed by atoms with E-state index in [-0.39, 0.29) is 0 Å². The fraction of sp³-hybridized carbons (Fsp3) is 0.364. The highest BCUT2D eigenvalue weighted by Gasteiger charge is 2.18. The van der Waals surface area contributed by atoms with E-state index < -0.39 is 5.60 Å². The topological polar surface area (TPSA) is 37.3 Å². The van der Waals surface area contributed by atoms with Crippen LogP contribution in [-0.4, -0.2) is 17.0 Å². The summed E-state index contributed by atoms with van der Waals surface area (Å²) in [6.45, 7) is 3.52. The molecule has 0 aromatic heterocycles. The SMILES string of the molecule is Cc1ccc(CC(C)(O)C=O)cc1. The van der Waals surface area contributed by atoms with Gasteiger partial charge in [0.2, 0.25) is 0 Å². The van der Waals surface area contributed by atoms with E-state index in [4.69, 9.17) is 0 Å². The Kier molecular flexibility index (Phi) is 2.83. The highest BCUT2D eigenvalue weighted by atomic mass is 16.3. The van der Waals surface area contributed by atoms with Crippen LogP contribution in [0.3, 0.4) is 0 Å². The zero-order chi connectivity index (χ0) is 9.90. The van der Waals surface area contributed by atoms with Crippen LogP contribution in [0.2, 0.25) is 0 Å². The third-order valence-electron chi connectivity index (χ3n) is 1.94. The fourth-order valence-electron chi connectivity index (χ4n) is 1.16. The second-order valence-corrected chi connectivity index (χ2v) is 3.64. The molecule has 0 amide bonds. The van der Waals surface area contributed by atoms with Gasteiger partial charge < -0.3 is 9.90 Å². The number of benzene rings is 1. The molecule has 2 nitrogen and oxygen atoms in total. The molecule has 0 bridgehead atoms. The molecule has 0 saturated carbocycles. The second kappa shape index (κ2) is 3.71. The summed E-state index contributed by atoms with van der Waals surface area (Å²) in [7, 11) is 0. The minimum atomic E-state index is -1.24. The molecule has 2 heteroatoms. The van der Waals surface area contributed by atoms with Crippen LogP contribution in [0.4, 0.5) is 0 Å². The number of aliphatic hydroxyl groups is 1. The summed E-state index contributed by atoms with van der Waals surface area (Å²) in [5.41, 5.74) is 0.909. The number of hydrogen-bond acceptors (Lipinski definition) is 2. The van der Waals surface area contributed by atoms with Gasteiger partial charge in [0.15, 0.2) is 6.29 Å². The van der Waals surface area contributed by atoms with Crippen molar-refractivity contribution in [3.05, 3.63) is 35.4 Å². The van der Waals surface area contributed by atoms with Crippen LogP contribution in [-0.2, 0) is 11.2 Å². The van der Waals surface area contributed by atoms with Gasteiger partial charge in [0.05, 0.1) is 0 Å². The Balaban J connectivity index is 2.75. The van der Waals surface area contributed by atoms with Crippen LogP contribution in [0.1, 0.15) is 18.1 Å². The molecule has 0 radical (unpaired) electrons. The maximum absolute atomic E-state index is 10.4. The van der Waals surface area contributed by atoms with E-state index in [1.165, 1.54) is 12.5 Å². The van der Waals surface area contributed by atoms with Crippen molar-refractivity contribution in [1.29, 1.82) is 0 Å². The summed E-state index contributed by atoms with van der Waals surface area (Å²) < 4.78 is 0. The average Bonchev–Trinajstić information content (AvgIpc) is 2.09. The van der Waals surface area contributed by atoms with E-state index in [0.717, 1.165) is 5.56 Å². The number of aldehydes is 1. The van der Waals surface area contributed by atoms with Crippen LogP contribution in [0.25, 0.3) is 0 Å². The lowest BCUT2D eigenvalue weighted by Gasteiger charge is -2.15. The Labute approximate surface area is 78.2 Å². The molecule has 0 heterocycles. The summed E-state index contributed by atoms with van der Waals surface area (Å²) in [5.74, 6) is 0. The normalized spacial score (nSPS) is 15.0. The van der Waals surface area contributed by atoms with Gasteiger partial charge in [-0.2, -0.15) is 0 Å². The first-order valence-electron chi connectivity index (χ1n) is 4.28. The van der Waals surface area contributed by atoms with Crippen molar-refractivity contribution in [2.24, 2.45) is 0 Å². The maximum Gasteiger partial charge on any atom is 0.151 e. The predicted molar refractivity (Wildman–Crippen MR) is 51.6 cm³/mol. The van der Waals surface area contributed by atoms with E-state index >= 15 is 0 Å². The van der Waals surface area contributed by atoms with Crippen LogP contribution in [0.15, 0.2) is 24.3 Å². The summed E-state index contributed by atoms with van der Waals surface area (Å²) in [6, 6.07) is 7.78. The monoisotopic (exact) mass is 178 g/mol. The number of carbonyl (C=O) groups excluding carboxylic acids is 1. The first kappa shape index (κ1) is 9.93. The second-order valence-electron chi connectivity index (χ2n) is 3.64. The molecule has 0 aliphatic heterocycles. The van der Waals surface area contributed by atoms with Crippen molar-refractivity contribution < 1.29 is 9.90 Å². The molecule has 0 aliphatic carbocycles. The van der Waals surface area contributed by atoms with Gasteiger partial charge in [-0.1, -0.05) is 29.8 Å². The van der Waals surface area contributed by atoms with Crippen LogP contribution in [0, 0.1) is 6.92 Å². The quantitative estimate of drug-likeness (QED) is 0.712. The van der Waals surface area contributed by atoms with Crippen molar-refractivity contribution in [2.75, 3.05) is 0 Å². The minimum absolute atomic E-state index is 0.372. The summed E-state index contributed by atoms with van der Waals surface area (Å²) in [6.07, 6.45) is 0.948. The van der Waals surface area contributed by atoms with E-state index in [1.807, 2.05) is 31.2 Å². The number of hydrogen-bond donors (Lipinski definition) is 1. The van der Waals surface area contributed by atoms with Crippen molar-refractivity contribution in [3.8, 4) is 0 Å². The van der Waals surface area contributed by atoms with Gasteiger partial charge in [-0.25, -0.2) is 0 Å². The van der Waals surface area contributed by atoms with Gasteiger partial charge in [0.25, 0.3) is 0 Å². The standard InChI is InChI=1S/C11H14O2/c1-9-3-5-10(6-4-9)7-11(2,13)8-12/h3-6,8,13H,7H2,1-2H3. The Morgan fingerprint density at radius 2 is 1.92 bits per heavy atom. The van der Waals surface area contributed by atoms with Gasteiger partial charge in [-0.15, -0.1) is 0 Å². The molecule has 1 unspecified atom stereocenters. The lowest BCUT2D eigenvalue weighted by Crippen LogP contribution is -2.28. The van der Waals surface area contributed by atoms with E-state index in [2.05, 4.69) is 0 Å². The minimum Gasteiger partial charge on any atom is -0.382 e. The number of rotatable bonds is 3. The Hall–Kier alpha value is -1.15. The number of carbonyl (C=O) groups is 1. The first-order valence-corrected chi connectivity index (χ1v) is 4.28. The predicted octanol–water partition coefficient (Wildman–Crippen LogP) is 1.49. The van der Waals surface area contributed by atoms with Gasteiger partial charge >= 0.3 is 0 Å². The van der Waals surface area contributed by atoms with E-state index in [0.29, 0.717) is 12.7 Å². The molecule has 1 rings (SSSR count).